The Morgan fingerprint density at radius 2 is 1.65 bits per heavy atom. The third-order valence-corrected chi connectivity index (χ3v) is 4.93. The van der Waals surface area contributed by atoms with E-state index in [2.05, 4.69) is 15.5 Å². The van der Waals surface area contributed by atoms with Crippen LogP contribution >= 0.6 is 0 Å². The second-order valence-corrected chi connectivity index (χ2v) is 6.42. The zero-order valence-electron chi connectivity index (χ0n) is 12.4. The molecule has 23 heavy (non-hydrogen) atoms. The van der Waals surface area contributed by atoms with Crippen molar-refractivity contribution in [1.29, 1.82) is 0 Å². The number of halogens is 5. The molecule has 3 rings (SSSR count). The molecule has 2 heterocycles. The Balaban J connectivity index is 1.83. The number of aromatic nitrogens is 2. The van der Waals surface area contributed by atoms with Crippen molar-refractivity contribution < 1.29 is 26.5 Å². The van der Waals surface area contributed by atoms with Crippen molar-refractivity contribution in [2.75, 3.05) is 13.1 Å². The molecule has 1 aliphatic heterocycles. The van der Waals surface area contributed by atoms with Gasteiger partial charge in [0.1, 0.15) is 5.41 Å². The maximum absolute atomic E-state index is 13.6. The number of hydrogen-bond donors (Lipinski definition) is 1. The summed E-state index contributed by atoms with van der Waals surface area (Å²) in [6.07, 6.45) is -5.09. The first-order chi connectivity index (χ1) is 10.7. The summed E-state index contributed by atoms with van der Waals surface area (Å²) >= 11 is 0. The summed E-state index contributed by atoms with van der Waals surface area (Å²) in [6, 6.07) is 0. The number of hydrogen-bond acceptors (Lipinski definition) is 4. The number of alkyl halides is 5. The van der Waals surface area contributed by atoms with E-state index in [4.69, 9.17) is 4.52 Å². The molecule has 0 unspecified atom stereocenters. The molecule has 0 bridgehead atoms. The van der Waals surface area contributed by atoms with Gasteiger partial charge in [0.2, 0.25) is 11.8 Å². The Morgan fingerprint density at radius 1 is 1.04 bits per heavy atom. The Morgan fingerprint density at radius 3 is 2.22 bits per heavy atom. The van der Waals surface area contributed by atoms with Gasteiger partial charge in [-0.15, -0.1) is 0 Å². The van der Waals surface area contributed by atoms with Gasteiger partial charge in [0.25, 0.3) is 0 Å². The van der Waals surface area contributed by atoms with Gasteiger partial charge in [-0.25, -0.2) is 8.78 Å². The first-order valence-electron chi connectivity index (χ1n) is 7.73. The fourth-order valence-electron chi connectivity index (χ4n) is 3.37. The molecule has 0 aromatic carbocycles. The molecule has 1 aromatic rings. The third kappa shape index (κ3) is 3.07. The molecule has 1 saturated carbocycles. The van der Waals surface area contributed by atoms with E-state index in [0.29, 0.717) is 0 Å². The van der Waals surface area contributed by atoms with Crippen molar-refractivity contribution in [2.24, 2.45) is 0 Å². The van der Waals surface area contributed by atoms with Crippen LogP contribution in [0, 0.1) is 0 Å². The molecule has 2 fully saturated rings. The van der Waals surface area contributed by atoms with Crippen LogP contribution in [0.25, 0.3) is 0 Å². The summed E-state index contributed by atoms with van der Waals surface area (Å²) in [5, 5.41) is 6.56. The minimum atomic E-state index is -4.49. The van der Waals surface area contributed by atoms with Crippen molar-refractivity contribution in [2.45, 2.75) is 62.0 Å². The lowest BCUT2D eigenvalue weighted by atomic mass is 9.78. The zero-order valence-corrected chi connectivity index (χ0v) is 12.4. The van der Waals surface area contributed by atoms with E-state index >= 15 is 0 Å². The predicted molar refractivity (Wildman–Crippen MR) is 70.3 cm³/mol. The molecule has 1 saturated heterocycles. The summed E-state index contributed by atoms with van der Waals surface area (Å²) in [5.41, 5.74) is -2.14. The van der Waals surface area contributed by atoms with Crippen LogP contribution in [0.4, 0.5) is 22.0 Å². The summed E-state index contributed by atoms with van der Waals surface area (Å²) in [7, 11) is 0. The van der Waals surface area contributed by atoms with Gasteiger partial charge in [0, 0.05) is 18.8 Å². The SMILES string of the molecule is FC1(F)CCC(c2noc(C3(C(F)(F)F)CCNCC3)n2)CC1. The van der Waals surface area contributed by atoms with E-state index in [1.54, 1.807) is 0 Å². The Hall–Kier alpha value is -1.25. The van der Waals surface area contributed by atoms with Crippen LogP contribution in [0.3, 0.4) is 0 Å². The van der Waals surface area contributed by atoms with Gasteiger partial charge in [0.05, 0.1) is 0 Å². The topological polar surface area (TPSA) is 51.0 Å². The highest BCUT2D eigenvalue weighted by atomic mass is 19.4. The van der Waals surface area contributed by atoms with Crippen LogP contribution in [-0.4, -0.2) is 35.3 Å². The van der Waals surface area contributed by atoms with E-state index in [9.17, 15) is 22.0 Å². The lowest BCUT2D eigenvalue weighted by molar-refractivity contribution is -0.204. The van der Waals surface area contributed by atoms with Crippen molar-refractivity contribution >= 4 is 0 Å². The van der Waals surface area contributed by atoms with Crippen LogP contribution in [0.2, 0.25) is 0 Å². The Labute approximate surface area is 129 Å². The Bertz CT molecular complexity index is 541. The highest BCUT2D eigenvalue weighted by molar-refractivity contribution is 5.13. The van der Waals surface area contributed by atoms with Gasteiger partial charge >= 0.3 is 6.18 Å². The van der Waals surface area contributed by atoms with Gasteiger partial charge < -0.3 is 9.84 Å². The molecule has 0 spiro atoms. The summed E-state index contributed by atoms with van der Waals surface area (Å²) in [5.74, 6) is -3.37. The number of nitrogens with zero attached hydrogens (tertiary/aromatic N) is 2. The number of rotatable bonds is 2. The maximum Gasteiger partial charge on any atom is 0.403 e. The summed E-state index contributed by atoms with van der Waals surface area (Å²) in [4.78, 5) is 3.97. The van der Waals surface area contributed by atoms with Crippen molar-refractivity contribution in [3.63, 3.8) is 0 Å². The summed E-state index contributed by atoms with van der Waals surface area (Å²) < 4.78 is 72.1. The fraction of sp³-hybridized carbons (Fsp3) is 0.857. The minimum absolute atomic E-state index is 0.123. The maximum atomic E-state index is 13.6. The highest BCUT2D eigenvalue weighted by Gasteiger charge is 2.59. The monoisotopic (exact) mass is 339 g/mol. The first-order valence-corrected chi connectivity index (χ1v) is 7.73. The lowest BCUT2D eigenvalue weighted by Crippen LogP contribution is -2.50. The number of nitrogens with one attached hydrogen (secondary N) is 1. The highest BCUT2D eigenvalue weighted by Crippen LogP contribution is 2.47. The van der Waals surface area contributed by atoms with Gasteiger partial charge in [-0.1, -0.05) is 5.16 Å². The molecule has 9 heteroatoms. The van der Waals surface area contributed by atoms with Gasteiger partial charge in [0.15, 0.2) is 5.82 Å². The standard InChI is InChI=1S/C14H18F5N3O/c15-13(16)3-1-9(2-4-13)10-21-11(23-22-10)12(14(17,18)19)5-7-20-8-6-12/h9,20H,1-8H2. The quantitative estimate of drug-likeness (QED) is 0.838. The predicted octanol–water partition coefficient (Wildman–Crippen LogP) is 3.55. The van der Waals surface area contributed by atoms with Crippen LogP contribution < -0.4 is 5.32 Å². The van der Waals surface area contributed by atoms with Crippen LogP contribution in [0.1, 0.15) is 56.2 Å². The van der Waals surface area contributed by atoms with E-state index in [1.807, 2.05) is 0 Å². The molecule has 1 aliphatic carbocycles. The molecule has 0 atom stereocenters. The van der Waals surface area contributed by atoms with Crippen LogP contribution in [0.15, 0.2) is 4.52 Å². The van der Waals surface area contributed by atoms with Crippen LogP contribution in [0.5, 0.6) is 0 Å². The molecule has 1 N–H and O–H groups in total. The zero-order chi connectivity index (χ0) is 16.7. The van der Waals surface area contributed by atoms with E-state index in [-0.39, 0.29) is 63.4 Å². The van der Waals surface area contributed by atoms with Gasteiger partial charge in [-0.3, -0.25) is 0 Å². The number of piperidine rings is 1. The van der Waals surface area contributed by atoms with Gasteiger partial charge in [-0.05, 0) is 38.8 Å². The average Bonchev–Trinajstić information content (AvgIpc) is 2.97. The van der Waals surface area contributed by atoms with Crippen LogP contribution in [-0.2, 0) is 5.41 Å². The van der Waals surface area contributed by atoms with Gasteiger partial charge in [-0.2, -0.15) is 18.2 Å². The molecule has 2 aliphatic rings. The first kappa shape index (κ1) is 16.6. The van der Waals surface area contributed by atoms with Crippen molar-refractivity contribution in [3.8, 4) is 0 Å². The second-order valence-electron chi connectivity index (χ2n) is 6.42. The average molecular weight is 339 g/mol. The molecular formula is C14H18F5N3O. The van der Waals surface area contributed by atoms with E-state index in [1.165, 1.54) is 0 Å². The molecule has 0 radical (unpaired) electrons. The van der Waals surface area contributed by atoms with Crippen molar-refractivity contribution in [1.82, 2.24) is 15.5 Å². The smallest absolute Gasteiger partial charge is 0.338 e. The third-order valence-electron chi connectivity index (χ3n) is 4.93. The lowest BCUT2D eigenvalue weighted by Gasteiger charge is -2.35. The second kappa shape index (κ2) is 5.68. The Kier molecular flexibility index (Phi) is 4.10. The molecule has 1 aromatic heterocycles. The van der Waals surface area contributed by atoms with Crippen molar-refractivity contribution in [3.05, 3.63) is 11.7 Å². The molecule has 0 amide bonds. The fourth-order valence-corrected chi connectivity index (χ4v) is 3.37. The van der Waals surface area contributed by atoms with E-state index in [0.717, 1.165) is 0 Å². The normalized spacial score (nSPS) is 25.4. The summed E-state index contributed by atoms with van der Waals surface area (Å²) in [6.45, 7) is 0.430. The molecule has 130 valence electrons. The van der Waals surface area contributed by atoms with E-state index < -0.39 is 23.4 Å². The largest absolute Gasteiger partial charge is 0.403 e. The molecular weight excluding hydrogens is 321 g/mol. The molecule has 4 nitrogen and oxygen atoms in total. The minimum Gasteiger partial charge on any atom is -0.338 e.